The van der Waals surface area contributed by atoms with Crippen LogP contribution in [0.5, 0.6) is 0 Å². The molecule has 138 valence electrons. The molecule has 4 heterocycles. The van der Waals surface area contributed by atoms with Crippen LogP contribution in [0.25, 0.3) is 0 Å². The van der Waals surface area contributed by atoms with Crippen LogP contribution in [0.15, 0.2) is 36.9 Å². The van der Waals surface area contributed by atoms with Gasteiger partial charge in [-0.25, -0.2) is 10.4 Å². The van der Waals surface area contributed by atoms with Crippen LogP contribution in [-0.2, 0) is 11.3 Å². The maximum Gasteiger partial charge on any atom is 0.241 e. The van der Waals surface area contributed by atoms with E-state index in [0.29, 0.717) is 12.0 Å². The van der Waals surface area contributed by atoms with Crippen LogP contribution in [0.3, 0.4) is 0 Å². The predicted octanol–water partition coefficient (Wildman–Crippen LogP) is 1.29. The van der Waals surface area contributed by atoms with Crippen molar-refractivity contribution in [1.82, 2.24) is 30.3 Å². The first-order chi connectivity index (χ1) is 12.7. The van der Waals surface area contributed by atoms with Crippen molar-refractivity contribution in [1.29, 1.82) is 0 Å². The molecule has 2 aliphatic rings. The Morgan fingerprint density at radius 3 is 2.81 bits per heavy atom. The highest BCUT2D eigenvalue weighted by molar-refractivity contribution is 5.82. The van der Waals surface area contributed by atoms with Gasteiger partial charge in [0.1, 0.15) is 11.9 Å². The summed E-state index contributed by atoms with van der Waals surface area (Å²) in [5, 5.41) is 0. The average molecular weight is 354 g/mol. The van der Waals surface area contributed by atoms with E-state index in [4.69, 9.17) is 0 Å². The number of imidazole rings is 1. The highest BCUT2D eigenvalue weighted by Crippen LogP contribution is 2.28. The van der Waals surface area contributed by atoms with E-state index in [1.165, 1.54) is 5.56 Å². The number of nitrogens with one attached hydrogen (secondary N) is 2. The van der Waals surface area contributed by atoms with Gasteiger partial charge in [0.2, 0.25) is 5.91 Å². The number of hydrogen-bond donors (Lipinski definition) is 2. The number of hydrogen-bond acceptors (Lipinski definition) is 5. The normalized spacial score (nSPS) is 24.1. The molecule has 2 fully saturated rings. The van der Waals surface area contributed by atoms with Gasteiger partial charge in [-0.3, -0.25) is 15.2 Å². The summed E-state index contributed by atoms with van der Waals surface area (Å²) in [7, 11) is 0. The number of amides is 1. The van der Waals surface area contributed by atoms with Crippen LogP contribution >= 0.6 is 0 Å². The van der Waals surface area contributed by atoms with Crippen molar-refractivity contribution in [2.24, 2.45) is 0 Å². The van der Waals surface area contributed by atoms with E-state index in [2.05, 4.69) is 38.4 Å². The van der Waals surface area contributed by atoms with Crippen molar-refractivity contribution in [3.8, 4) is 0 Å². The van der Waals surface area contributed by atoms with Crippen molar-refractivity contribution in [3.63, 3.8) is 0 Å². The minimum atomic E-state index is -0.0888. The first-order valence-corrected chi connectivity index (χ1v) is 9.40. The predicted molar refractivity (Wildman–Crippen MR) is 98.3 cm³/mol. The zero-order valence-corrected chi connectivity index (χ0v) is 15.1. The molecule has 2 unspecified atom stereocenters. The molecule has 1 amide bonds. The summed E-state index contributed by atoms with van der Waals surface area (Å²) in [6.07, 6.45) is 10.4. The third-order valence-electron chi connectivity index (χ3n) is 5.39. The first-order valence-electron chi connectivity index (χ1n) is 9.40. The molecule has 2 aliphatic heterocycles. The molecule has 0 aromatic carbocycles. The Bertz CT molecular complexity index is 737. The number of nitrogens with zero attached hydrogens (tertiary/aromatic N) is 4. The van der Waals surface area contributed by atoms with Crippen LogP contribution in [0.1, 0.15) is 43.5 Å². The Labute approximate surface area is 153 Å². The second-order valence-electron chi connectivity index (χ2n) is 7.35. The van der Waals surface area contributed by atoms with E-state index < -0.39 is 0 Å². The lowest BCUT2D eigenvalue weighted by Gasteiger charge is -2.33. The number of piperidine rings is 1. The molecule has 2 atom stereocenters. The maximum atomic E-state index is 12.6. The van der Waals surface area contributed by atoms with Crippen molar-refractivity contribution in [2.75, 3.05) is 13.1 Å². The molecule has 7 nitrogen and oxygen atoms in total. The molecule has 0 radical (unpaired) electrons. The van der Waals surface area contributed by atoms with Gasteiger partial charge in [0.05, 0.1) is 6.54 Å². The number of likely N-dealkylation sites (tertiary alicyclic amines) is 1. The minimum absolute atomic E-state index is 0.0888. The molecule has 2 aromatic rings. The van der Waals surface area contributed by atoms with Crippen LogP contribution < -0.4 is 10.9 Å². The lowest BCUT2D eigenvalue weighted by molar-refractivity contribution is -0.134. The van der Waals surface area contributed by atoms with Crippen LogP contribution in [-0.4, -0.2) is 50.5 Å². The number of pyridine rings is 1. The Hall–Kier alpha value is -2.25. The Balaban J connectivity index is 1.37. The number of carbonyl (C=O) groups is 1. The summed E-state index contributed by atoms with van der Waals surface area (Å²) in [4.78, 5) is 23.4. The van der Waals surface area contributed by atoms with Gasteiger partial charge in [-0.15, -0.1) is 0 Å². The van der Waals surface area contributed by atoms with E-state index in [0.717, 1.165) is 44.7 Å². The molecule has 0 saturated carbocycles. The van der Waals surface area contributed by atoms with Gasteiger partial charge in [0, 0.05) is 49.8 Å². The lowest BCUT2D eigenvalue weighted by Crippen LogP contribution is -2.48. The summed E-state index contributed by atoms with van der Waals surface area (Å²) >= 11 is 0. The Morgan fingerprint density at radius 1 is 1.27 bits per heavy atom. The number of aromatic nitrogens is 3. The van der Waals surface area contributed by atoms with Crippen molar-refractivity contribution >= 4 is 5.91 Å². The van der Waals surface area contributed by atoms with Crippen molar-refractivity contribution in [2.45, 2.75) is 50.7 Å². The molecule has 0 aliphatic carbocycles. The van der Waals surface area contributed by atoms with Gasteiger partial charge in [-0.2, -0.15) is 0 Å². The van der Waals surface area contributed by atoms with E-state index in [1.54, 1.807) is 6.20 Å². The molecule has 0 spiro atoms. The third kappa shape index (κ3) is 3.64. The van der Waals surface area contributed by atoms with Crippen LogP contribution in [0.4, 0.5) is 0 Å². The van der Waals surface area contributed by atoms with Gasteiger partial charge in [-0.05, 0) is 37.8 Å². The second kappa shape index (κ2) is 7.55. The third-order valence-corrected chi connectivity index (χ3v) is 5.39. The molecule has 2 N–H and O–H groups in total. The summed E-state index contributed by atoms with van der Waals surface area (Å²) in [6.45, 7) is 4.48. The zero-order chi connectivity index (χ0) is 17.9. The van der Waals surface area contributed by atoms with E-state index in [-0.39, 0.29) is 11.9 Å². The highest BCUT2D eigenvalue weighted by Gasteiger charge is 2.33. The lowest BCUT2D eigenvalue weighted by atomic mass is 9.95. The number of hydrazine groups is 1. The van der Waals surface area contributed by atoms with E-state index in [9.17, 15) is 4.79 Å². The average Bonchev–Trinajstić information content (AvgIpc) is 3.31. The topological polar surface area (TPSA) is 75.1 Å². The molecule has 2 saturated heterocycles. The SMILES string of the molecule is CC1CC(C(=O)N2CCC(c3nccn3Cc3cccnc3)CC2)NN1. The second-order valence-corrected chi connectivity index (χ2v) is 7.35. The maximum absolute atomic E-state index is 12.6. The molecular formula is C19H26N6O. The van der Waals surface area contributed by atoms with E-state index >= 15 is 0 Å². The fraction of sp³-hybridized carbons (Fsp3) is 0.526. The number of rotatable bonds is 4. The highest BCUT2D eigenvalue weighted by atomic mass is 16.2. The zero-order valence-electron chi connectivity index (χ0n) is 15.1. The fourth-order valence-electron chi connectivity index (χ4n) is 3.96. The van der Waals surface area contributed by atoms with Gasteiger partial charge in [-0.1, -0.05) is 6.07 Å². The largest absolute Gasteiger partial charge is 0.341 e. The molecule has 26 heavy (non-hydrogen) atoms. The molecular weight excluding hydrogens is 328 g/mol. The standard InChI is InChI=1S/C19H26N6O/c1-14-11-17(23-22-14)19(26)24-8-4-16(5-9-24)18-21-7-10-25(18)13-15-3-2-6-20-12-15/h2-3,6-7,10,12,14,16-17,22-23H,4-5,8-9,11,13H2,1H3. The summed E-state index contributed by atoms with van der Waals surface area (Å²) in [6, 6.07) is 4.31. The summed E-state index contributed by atoms with van der Waals surface area (Å²) < 4.78 is 2.21. The molecule has 0 bridgehead atoms. The van der Waals surface area contributed by atoms with Crippen LogP contribution in [0.2, 0.25) is 0 Å². The Morgan fingerprint density at radius 2 is 2.12 bits per heavy atom. The Kier molecular flexibility index (Phi) is 4.99. The van der Waals surface area contributed by atoms with Gasteiger partial charge in [0.15, 0.2) is 0 Å². The molecule has 2 aromatic heterocycles. The summed E-state index contributed by atoms with van der Waals surface area (Å²) in [5.74, 6) is 1.74. The monoisotopic (exact) mass is 354 g/mol. The summed E-state index contributed by atoms with van der Waals surface area (Å²) in [5.41, 5.74) is 7.42. The number of carbonyl (C=O) groups excluding carboxylic acids is 1. The van der Waals surface area contributed by atoms with Crippen molar-refractivity contribution < 1.29 is 4.79 Å². The molecule has 7 heteroatoms. The molecule has 4 rings (SSSR count). The van der Waals surface area contributed by atoms with E-state index in [1.807, 2.05) is 29.6 Å². The van der Waals surface area contributed by atoms with Gasteiger partial charge < -0.3 is 9.47 Å². The fourth-order valence-corrected chi connectivity index (χ4v) is 3.96. The minimum Gasteiger partial charge on any atom is -0.341 e. The first kappa shape index (κ1) is 17.2. The smallest absolute Gasteiger partial charge is 0.241 e. The van der Waals surface area contributed by atoms with Gasteiger partial charge in [0.25, 0.3) is 0 Å². The quantitative estimate of drug-likeness (QED) is 0.865. The van der Waals surface area contributed by atoms with Crippen LogP contribution in [0, 0.1) is 0 Å². The van der Waals surface area contributed by atoms with Gasteiger partial charge >= 0.3 is 0 Å². The van der Waals surface area contributed by atoms with Crippen molar-refractivity contribution in [3.05, 3.63) is 48.3 Å².